The molecule has 11 heteroatoms. The Bertz CT molecular complexity index is 510. The summed E-state index contributed by atoms with van der Waals surface area (Å²) in [6.45, 7) is 5.69. The second kappa shape index (κ2) is 21.9. The highest BCUT2D eigenvalue weighted by atomic mass is 35.5. The van der Waals surface area contributed by atoms with Crippen LogP contribution in [-0.4, -0.2) is 99.4 Å². The third-order valence-electron chi connectivity index (χ3n) is 4.03. The summed E-state index contributed by atoms with van der Waals surface area (Å²) in [4.78, 5) is 11.6. The summed E-state index contributed by atoms with van der Waals surface area (Å²) in [5, 5.41) is 10.3. The maximum atomic E-state index is 11.6. The van der Waals surface area contributed by atoms with Gasteiger partial charge in [-0.1, -0.05) is 18.1 Å². The summed E-state index contributed by atoms with van der Waals surface area (Å²) < 4.78 is 28.7. The quantitative estimate of drug-likeness (QED) is 0.191. The number of rotatable bonds is 23. The predicted molar refractivity (Wildman–Crippen MR) is 116 cm³/mol. The van der Waals surface area contributed by atoms with E-state index in [1.165, 1.54) is 0 Å². The minimum absolute atomic E-state index is 0.00456. The van der Waals surface area contributed by atoms with Gasteiger partial charge >= 0.3 is 0 Å². The Morgan fingerprint density at radius 2 is 1.45 bits per heavy atom. The van der Waals surface area contributed by atoms with E-state index in [2.05, 4.69) is 15.6 Å². The maximum absolute atomic E-state index is 11.6. The molecule has 1 N–H and O–H groups in total. The lowest BCUT2D eigenvalue weighted by atomic mass is 10.2. The molecule has 0 aliphatic rings. The van der Waals surface area contributed by atoms with E-state index in [-0.39, 0.29) is 12.5 Å². The van der Waals surface area contributed by atoms with E-state index in [9.17, 15) is 4.79 Å². The van der Waals surface area contributed by atoms with Crippen molar-refractivity contribution in [2.24, 2.45) is 0 Å². The predicted octanol–water partition coefficient (Wildman–Crippen LogP) is 1.28. The van der Waals surface area contributed by atoms with Crippen LogP contribution in [0, 0.1) is 0 Å². The second-order valence-electron chi connectivity index (χ2n) is 6.62. The van der Waals surface area contributed by atoms with Gasteiger partial charge in [0.05, 0.1) is 65.6 Å². The standard InChI is InChI=1S/C20H37ClN4O6/c21-5-3-1-2-4-10-27-13-14-28-11-7-22-20(26)19-31-18-17-30-16-15-29-12-9-25-8-6-23-24-25/h6,8H,1-5,7,9-19H2,(H,22,26). The molecule has 0 aliphatic heterocycles. The van der Waals surface area contributed by atoms with Gasteiger partial charge in [0.15, 0.2) is 0 Å². The number of hydrogen-bond acceptors (Lipinski definition) is 8. The number of aromatic nitrogens is 3. The van der Waals surface area contributed by atoms with Gasteiger partial charge < -0.3 is 29.0 Å². The largest absolute Gasteiger partial charge is 0.379 e. The Kier molecular flexibility index (Phi) is 19.6. The smallest absolute Gasteiger partial charge is 0.246 e. The van der Waals surface area contributed by atoms with Crippen molar-refractivity contribution in [3.8, 4) is 0 Å². The van der Waals surface area contributed by atoms with Gasteiger partial charge in [-0.2, -0.15) is 0 Å². The molecule has 0 bridgehead atoms. The number of hydrogen-bond donors (Lipinski definition) is 1. The summed E-state index contributed by atoms with van der Waals surface area (Å²) in [7, 11) is 0. The lowest BCUT2D eigenvalue weighted by molar-refractivity contribution is -0.126. The first-order chi connectivity index (χ1) is 15.3. The molecule has 0 fully saturated rings. The summed E-state index contributed by atoms with van der Waals surface area (Å²) >= 11 is 5.62. The average molecular weight is 465 g/mol. The van der Waals surface area contributed by atoms with E-state index in [4.69, 9.17) is 35.3 Å². The van der Waals surface area contributed by atoms with Crippen LogP contribution in [0.1, 0.15) is 25.7 Å². The Morgan fingerprint density at radius 3 is 2.16 bits per heavy atom. The van der Waals surface area contributed by atoms with Crippen molar-refractivity contribution in [3.63, 3.8) is 0 Å². The number of carbonyl (C=O) groups excluding carboxylic acids is 1. The zero-order valence-electron chi connectivity index (χ0n) is 18.3. The molecule has 1 aromatic heterocycles. The Morgan fingerprint density at radius 1 is 0.806 bits per heavy atom. The molecule has 1 rings (SSSR count). The van der Waals surface area contributed by atoms with E-state index in [0.29, 0.717) is 65.9 Å². The van der Waals surface area contributed by atoms with Gasteiger partial charge in [-0.15, -0.1) is 16.7 Å². The van der Waals surface area contributed by atoms with Crippen molar-refractivity contribution in [1.82, 2.24) is 20.3 Å². The summed E-state index contributed by atoms with van der Waals surface area (Å²) in [6, 6.07) is 0. The van der Waals surface area contributed by atoms with Crippen LogP contribution in [0.3, 0.4) is 0 Å². The van der Waals surface area contributed by atoms with E-state index < -0.39 is 0 Å². The topological polar surface area (TPSA) is 106 Å². The van der Waals surface area contributed by atoms with Crippen molar-refractivity contribution in [2.45, 2.75) is 32.2 Å². The van der Waals surface area contributed by atoms with E-state index >= 15 is 0 Å². The van der Waals surface area contributed by atoms with Crippen molar-refractivity contribution in [1.29, 1.82) is 0 Å². The van der Waals surface area contributed by atoms with Crippen molar-refractivity contribution in [2.75, 3.05) is 78.5 Å². The van der Waals surface area contributed by atoms with Crippen LogP contribution in [0.5, 0.6) is 0 Å². The molecule has 1 aromatic rings. The summed E-state index contributed by atoms with van der Waals surface area (Å²) in [5.74, 6) is 0.558. The van der Waals surface area contributed by atoms with Gasteiger partial charge in [0.1, 0.15) is 6.61 Å². The van der Waals surface area contributed by atoms with E-state index in [0.717, 1.165) is 38.2 Å². The first-order valence-electron chi connectivity index (χ1n) is 10.9. The number of ether oxygens (including phenoxy) is 5. The van der Waals surface area contributed by atoms with Gasteiger partial charge in [0.25, 0.3) is 0 Å². The minimum atomic E-state index is -0.173. The second-order valence-corrected chi connectivity index (χ2v) is 7.00. The fourth-order valence-corrected chi connectivity index (χ4v) is 2.59. The van der Waals surface area contributed by atoms with Crippen LogP contribution in [0.2, 0.25) is 0 Å². The molecule has 0 saturated carbocycles. The highest BCUT2D eigenvalue weighted by Crippen LogP contribution is 2.01. The number of unbranched alkanes of at least 4 members (excludes halogenated alkanes) is 3. The molecule has 0 aromatic carbocycles. The van der Waals surface area contributed by atoms with Crippen LogP contribution in [0.15, 0.2) is 12.4 Å². The Balaban J connectivity index is 1.71. The SMILES string of the molecule is O=C(COCCOCCOCCn1ccnn1)NCCOCCOCCCCCCCl. The normalized spacial score (nSPS) is 11.1. The lowest BCUT2D eigenvalue weighted by Crippen LogP contribution is -2.31. The molecular formula is C20H37ClN4O6. The van der Waals surface area contributed by atoms with Gasteiger partial charge in [-0.25, -0.2) is 0 Å². The third-order valence-corrected chi connectivity index (χ3v) is 4.29. The molecule has 180 valence electrons. The fraction of sp³-hybridized carbons (Fsp3) is 0.850. The van der Waals surface area contributed by atoms with Crippen LogP contribution >= 0.6 is 11.6 Å². The number of nitrogens with zero attached hydrogens (tertiary/aromatic N) is 3. The molecule has 0 saturated heterocycles. The van der Waals surface area contributed by atoms with Crippen LogP contribution in [0.25, 0.3) is 0 Å². The van der Waals surface area contributed by atoms with Crippen LogP contribution < -0.4 is 5.32 Å². The third kappa shape index (κ3) is 19.1. The van der Waals surface area contributed by atoms with Crippen LogP contribution in [-0.2, 0) is 35.0 Å². The first kappa shape index (κ1) is 27.7. The van der Waals surface area contributed by atoms with Crippen molar-refractivity contribution >= 4 is 17.5 Å². The molecule has 10 nitrogen and oxygen atoms in total. The molecule has 31 heavy (non-hydrogen) atoms. The molecule has 0 unspecified atom stereocenters. The van der Waals surface area contributed by atoms with E-state index in [1.807, 2.05) is 0 Å². The number of nitrogens with one attached hydrogen (secondary N) is 1. The zero-order valence-corrected chi connectivity index (χ0v) is 19.1. The average Bonchev–Trinajstić information content (AvgIpc) is 3.29. The minimum Gasteiger partial charge on any atom is -0.379 e. The first-order valence-corrected chi connectivity index (χ1v) is 11.4. The summed E-state index contributed by atoms with van der Waals surface area (Å²) in [5.41, 5.74) is 0. The Hall–Kier alpha value is -1.30. The van der Waals surface area contributed by atoms with Gasteiger partial charge in [0.2, 0.25) is 5.91 Å². The highest BCUT2D eigenvalue weighted by Gasteiger charge is 2.01. The van der Waals surface area contributed by atoms with Crippen molar-refractivity contribution < 1.29 is 28.5 Å². The number of halogens is 1. The molecule has 0 atom stereocenters. The lowest BCUT2D eigenvalue weighted by Gasteiger charge is -2.08. The molecule has 0 spiro atoms. The summed E-state index contributed by atoms with van der Waals surface area (Å²) in [6.07, 6.45) is 7.83. The highest BCUT2D eigenvalue weighted by molar-refractivity contribution is 6.17. The zero-order chi connectivity index (χ0) is 22.2. The Labute approximate surface area is 189 Å². The van der Waals surface area contributed by atoms with Gasteiger partial charge in [-0.05, 0) is 12.8 Å². The van der Waals surface area contributed by atoms with Gasteiger partial charge in [-0.3, -0.25) is 9.48 Å². The van der Waals surface area contributed by atoms with Crippen molar-refractivity contribution in [3.05, 3.63) is 12.4 Å². The molecular weight excluding hydrogens is 428 g/mol. The van der Waals surface area contributed by atoms with Gasteiger partial charge in [0, 0.05) is 25.2 Å². The molecule has 0 aliphatic carbocycles. The number of amides is 1. The molecule has 1 amide bonds. The molecule has 1 heterocycles. The number of carbonyl (C=O) groups is 1. The monoisotopic (exact) mass is 464 g/mol. The maximum Gasteiger partial charge on any atom is 0.246 e. The molecule has 0 radical (unpaired) electrons. The van der Waals surface area contributed by atoms with Crippen LogP contribution in [0.4, 0.5) is 0 Å². The fourth-order valence-electron chi connectivity index (χ4n) is 2.40. The van der Waals surface area contributed by atoms with E-state index in [1.54, 1.807) is 17.1 Å². The number of alkyl halides is 1.